The predicted octanol–water partition coefficient (Wildman–Crippen LogP) is 3.87. The van der Waals surface area contributed by atoms with Gasteiger partial charge in [0.05, 0.1) is 7.11 Å². The number of anilines is 1. The Kier molecular flexibility index (Phi) is 5.34. The molecule has 1 atom stereocenters. The zero-order valence-electron chi connectivity index (χ0n) is 18.5. The topological polar surface area (TPSA) is 87.7 Å². The van der Waals surface area contributed by atoms with Crippen LogP contribution in [0.1, 0.15) is 23.6 Å². The van der Waals surface area contributed by atoms with Crippen LogP contribution in [0.15, 0.2) is 54.6 Å². The molecule has 4 amide bonds. The standard InChI is InChI=1S/C25H25N3O4/c1-15-5-6-16(2)21(11-15)26-22(29)14-28-23(30)25(3,27-24(28)31)19-9-7-18-13-20(32-4)10-8-17(18)12-19/h5-13H,14H2,1-4H3,(H,26,29)(H,27,31). The maximum absolute atomic E-state index is 13.2. The molecule has 7 heteroatoms. The summed E-state index contributed by atoms with van der Waals surface area (Å²) in [5.41, 5.74) is 1.95. The molecule has 0 aromatic heterocycles. The molecule has 1 saturated heterocycles. The summed E-state index contributed by atoms with van der Waals surface area (Å²) in [6, 6.07) is 16.3. The van der Waals surface area contributed by atoms with E-state index in [1.807, 2.05) is 62.4 Å². The Hall–Kier alpha value is -3.87. The Balaban J connectivity index is 1.55. The molecule has 0 saturated carbocycles. The quantitative estimate of drug-likeness (QED) is 0.601. The number of aryl methyl sites for hydroxylation is 2. The lowest BCUT2D eigenvalue weighted by atomic mass is 9.90. The average Bonchev–Trinajstić information content (AvgIpc) is 2.99. The number of methoxy groups -OCH3 is 1. The van der Waals surface area contributed by atoms with Gasteiger partial charge in [0.2, 0.25) is 5.91 Å². The van der Waals surface area contributed by atoms with E-state index in [0.29, 0.717) is 11.3 Å². The number of fused-ring (bicyclic) bond motifs is 1. The minimum Gasteiger partial charge on any atom is -0.497 e. The molecule has 4 rings (SSSR count). The molecule has 1 unspecified atom stereocenters. The molecule has 3 aromatic carbocycles. The Morgan fingerprint density at radius 3 is 2.50 bits per heavy atom. The second-order valence-corrected chi connectivity index (χ2v) is 8.24. The molecule has 1 aliphatic rings. The first-order valence-electron chi connectivity index (χ1n) is 10.3. The van der Waals surface area contributed by atoms with Crippen LogP contribution in [-0.2, 0) is 15.1 Å². The first-order valence-corrected chi connectivity index (χ1v) is 10.3. The maximum Gasteiger partial charge on any atom is 0.325 e. The van der Waals surface area contributed by atoms with Gasteiger partial charge in [-0.15, -0.1) is 0 Å². The molecule has 0 spiro atoms. The number of hydrogen-bond acceptors (Lipinski definition) is 4. The maximum atomic E-state index is 13.2. The highest BCUT2D eigenvalue weighted by Crippen LogP contribution is 2.32. The van der Waals surface area contributed by atoms with Crippen molar-refractivity contribution in [2.45, 2.75) is 26.3 Å². The fourth-order valence-corrected chi connectivity index (χ4v) is 3.90. The van der Waals surface area contributed by atoms with Crippen LogP contribution in [-0.4, -0.2) is 36.4 Å². The zero-order chi connectivity index (χ0) is 23.0. The van der Waals surface area contributed by atoms with Gasteiger partial charge in [-0.2, -0.15) is 0 Å². The fraction of sp³-hybridized carbons (Fsp3) is 0.240. The largest absolute Gasteiger partial charge is 0.497 e. The molecule has 1 heterocycles. The monoisotopic (exact) mass is 431 g/mol. The number of carbonyl (C=O) groups is 3. The van der Waals surface area contributed by atoms with Crippen molar-refractivity contribution in [1.82, 2.24) is 10.2 Å². The highest BCUT2D eigenvalue weighted by atomic mass is 16.5. The van der Waals surface area contributed by atoms with E-state index in [-0.39, 0.29) is 6.54 Å². The second kappa shape index (κ2) is 8.00. The van der Waals surface area contributed by atoms with Crippen molar-refractivity contribution < 1.29 is 19.1 Å². The van der Waals surface area contributed by atoms with E-state index in [1.54, 1.807) is 20.1 Å². The first kappa shape index (κ1) is 21.4. The van der Waals surface area contributed by atoms with Gasteiger partial charge in [0.25, 0.3) is 5.91 Å². The van der Waals surface area contributed by atoms with Crippen molar-refractivity contribution in [2.75, 3.05) is 19.0 Å². The number of nitrogens with one attached hydrogen (secondary N) is 2. The number of urea groups is 1. The molecule has 7 nitrogen and oxygen atoms in total. The van der Waals surface area contributed by atoms with Gasteiger partial charge in [-0.25, -0.2) is 4.79 Å². The second-order valence-electron chi connectivity index (χ2n) is 8.24. The van der Waals surface area contributed by atoms with Gasteiger partial charge in [-0.3, -0.25) is 14.5 Å². The summed E-state index contributed by atoms with van der Waals surface area (Å²) < 4.78 is 5.26. The van der Waals surface area contributed by atoms with Gasteiger partial charge in [0, 0.05) is 5.69 Å². The third-order valence-corrected chi connectivity index (χ3v) is 5.87. The van der Waals surface area contributed by atoms with Crippen LogP contribution in [0.3, 0.4) is 0 Å². The van der Waals surface area contributed by atoms with Gasteiger partial charge in [-0.05, 0) is 72.5 Å². The molecule has 1 aliphatic heterocycles. The molecular weight excluding hydrogens is 406 g/mol. The molecular formula is C25H25N3O4. The third-order valence-electron chi connectivity index (χ3n) is 5.87. The molecule has 2 N–H and O–H groups in total. The number of amides is 4. The molecule has 1 fully saturated rings. The number of hydrogen-bond donors (Lipinski definition) is 2. The Morgan fingerprint density at radius 2 is 1.75 bits per heavy atom. The summed E-state index contributed by atoms with van der Waals surface area (Å²) in [7, 11) is 1.61. The van der Waals surface area contributed by atoms with Gasteiger partial charge in [0.1, 0.15) is 17.8 Å². The SMILES string of the molecule is COc1ccc2cc(C3(C)NC(=O)N(CC(=O)Nc4cc(C)ccc4C)C3=O)ccc2c1. The summed E-state index contributed by atoms with van der Waals surface area (Å²) >= 11 is 0. The minimum absolute atomic E-state index is 0.363. The zero-order valence-corrected chi connectivity index (χ0v) is 18.5. The van der Waals surface area contributed by atoms with Crippen LogP contribution in [0.25, 0.3) is 10.8 Å². The molecule has 32 heavy (non-hydrogen) atoms. The van der Waals surface area contributed by atoms with E-state index in [0.717, 1.165) is 32.5 Å². The summed E-state index contributed by atoms with van der Waals surface area (Å²) in [5, 5.41) is 7.42. The Bertz CT molecular complexity index is 1250. The van der Waals surface area contributed by atoms with Crippen LogP contribution in [0.5, 0.6) is 5.75 Å². The lowest BCUT2D eigenvalue weighted by molar-refractivity contribution is -0.133. The lowest BCUT2D eigenvalue weighted by Crippen LogP contribution is -2.42. The van der Waals surface area contributed by atoms with Crippen LogP contribution < -0.4 is 15.4 Å². The van der Waals surface area contributed by atoms with Crippen molar-refractivity contribution in [3.8, 4) is 5.75 Å². The van der Waals surface area contributed by atoms with Crippen molar-refractivity contribution >= 4 is 34.3 Å². The highest BCUT2D eigenvalue weighted by molar-refractivity contribution is 6.10. The lowest BCUT2D eigenvalue weighted by Gasteiger charge is -2.23. The fourth-order valence-electron chi connectivity index (χ4n) is 3.90. The molecule has 3 aromatic rings. The first-order chi connectivity index (χ1) is 15.2. The summed E-state index contributed by atoms with van der Waals surface area (Å²) in [6.45, 7) is 5.10. The van der Waals surface area contributed by atoms with Crippen molar-refractivity contribution in [3.63, 3.8) is 0 Å². The Morgan fingerprint density at radius 1 is 1.03 bits per heavy atom. The van der Waals surface area contributed by atoms with E-state index in [2.05, 4.69) is 10.6 Å². The van der Waals surface area contributed by atoms with Crippen molar-refractivity contribution in [2.24, 2.45) is 0 Å². The van der Waals surface area contributed by atoms with E-state index in [1.165, 1.54) is 0 Å². The van der Waals surface area contributed by atoms with Crippen LogP contribution >= 0.6 is 0 Å². The van der Waals surface area contributed by atoms with E-state index in [4.69, 9.17) is 4.74 Å². The average molecular weight is 431 g/mol. The van der Waals surface area contributed by atoms with Crippen LogP contribution in [0.2, 0.25) is 0 Å². The number of benzene rings is 3. The smallest absolute Gasteiger partial charge is 0.325 e. The normalized spacial score (nSPS) is 18.1. The van der Waals surface area contributed by atoms with Crippen molar-refractivity contribution in [3.05, 3.63) is 71.3 Å². The van der Waals surface area contributed by atoms with Gasteiger partial charge < -0.3 is 15.4 Å². The number of nitrogens with zero attached hydrogens (tertiary/aromatic N) is 1. The molecule has 0 bridgehead atoms. The van der Waals surface area contributed by atoms with E-state index in [9.17, 15) is 14.4 Å². The van der Waals surface area contributed by atoms with E-state index < -0.39 is 23.4 Å². The van der Waals surface area contributed by atoms with Crippen molar-refractivity contribution in [1.29, 1.82) is 0 Å². The van der Waals surface area contributed by atoms with Crippen LogP contribution in [0, 0.1) is 13.8 Å². The molecule has 164 valence electrons. The van der Waals surface area contributed by atoms with Gasteiger partial charge in [-0.1, -0.05) is 30.3 Å². The molecule has 0 aliphatic carbocycles. The van der Waals surface area contributed by atoms with Crippen LogP contribution in [0.4, 0.5) is 10.5 Å². The number of carbonyl (C=O) groups excluding carboxylic acids is 3. The minimum atomic E-state index is -1.26. The summed E-state index contributed by atoms with van der Waals surface area (Å²) in [6.07, 6.45) is 0. The van der Waals surface area contributed by atoms with Gasteiger partial charge >= 0.3 is 6.03 Å². The predicted molar refractivity (Wildman–Crippen MR) is 123 cm³/mol. The number of rotatable bonds is 5. The highest BCUT2D eigenvalue weighted by Gasteiger charge is 2.49. The summed E-state index contributed by atoms with van der Waals surface area (Å²) in [4.78, 5) is 39.4. The summed E-state index contributed by atoms with van der Waals surface area (Å²) in [5.74, 6) is -0.161. The van der Waals surface area contributed by atoms with E-state index >= 15 is 0 Å². The molecule has 0 radical (unpaired) electrons. The third kappa shape index (κ3) is 3.77. The Labute approximate surface area is 186 Å². The number of ether oxygens (including phenoxy) is 1. The van der Waals surface area contributed by atoms with Gasteiger partial charge in [0.15, 0.2) is 0 Å². The number of imide groups is 1.